The van der Waals surface area contributed by atoms with Crippen molar-refractivity contribution >= 4 is 65.7 Å². The monoisotopic (exact) mass is 649 g/mol. The molecule has 0 aromatic heterocycles. The van der Waals surface area contributed by atoms with E-state index in [1.807, 2.05) is 0 Å². The van der Waals surface area contributed by atoms with E-state index in [1.165, 1.54) is 26.4 Å². The molecule has 44 heavy (non-hydrogen) atoms. The molecule has 3 aromatic carbocycles. The normalized spacial score (nSPS) is 12.1. The van der Waals surface area contributed by atoms with Crippen LogP contribution in [0.2, 0.25) is 0 Å². The fraction of sp³-hybridized carbons (Fsp3) is 0.269. The zero-order valence-corrected chi connectivity index (χ0v) is 25.5. The number of esters is 1. The molecule has 0 heterocycles. The second kappa shape index (κ2) is 14.2. The summed E-state index contributed by atoms with van der Waals surface area (Å²) in [5.74, 6) is -1.02. The third-order valence-electron chi connectivity index (χ3n) is 6.09. The fourth-order valence-corrected chi connectivity index (χ4v) is 5.34. The standard InChI is InChI=1S/C26H31N7O9S2/c1-15-12-19(21(41-2)13-18(15)29-8-10-43(36,37)11-9-34)31-33-25-23(27)20(14-22(24(25)28)44(38,39)40)32-30-17-7-5-4-6-16(17)26(35)42-3/h4-7,12-14,29,34H,8-11,27-28H2,1-3H3,(H,38,39,40)/b32-30+,33-31+. The van der Waals surface area contributed by atoms with Gasteiger partial charge in [0.05, 0.1) is 49.3 Å². The average molecular weight is 650 g/mol. The lowest BCUT2D eigenvalue weighted by molar-refractivity contribution is 0.0601. The van der Waals surface area contributed by atoms with E-state index < -0.39 is 43.1 Å². The number of carbonyl (C=O) groups is 1. The Morgan fingerprint density at radius 3 is 2.20 bits per heavy atom. The summed E-state index contributed by atoms with van der Waals surface area (Å²) in [4.78, 5) is 11.3. The number of aryl methyl sites for hydroxylation is 1. The van der Waals surface area contributed by atoms with Crippen LogP contribution in [0.5, 0.6) is 5.75 Å². The zero-order chi connectivity index (χ0) is 32.7. The van der Waals surface area contributed by atoms with Gasteiger partial charge >= 0.3 is 5.97 Å². The molecule has 0 amide bonds. The van der Waals surface area contributed by atoms with Gasteiger partial charge in [0, 0.05) is 18.3 Å². The van der Waals surface area contributed by atoms with Gasteiger partial charge in [-0.2, -0.15) is 8.42 Å². The summed E-state index contributed by atoms with van der Waals surface area (Å²) in [6.45, 7) is 1.32. The van der Waals surface area contributed by atoms with Crippen molar-refractivity contribution in [3.63, 3.8) is 0 Å². The maximum atomic E-state index is 12.1. The van der Waals surface area contributed by atoms with Crippen LogP contribution in [-0.4, -0.2) is 71.3 Å². The Labute approximate surface area is 253 Å². The molecule has 236 valence electrons. The summed E-state index contributed by atoms with van der Waals surface area (Å²) < 4.78 is 67.9. The number of methoxy groups -OCH3 is 2. The number of nitrogens with two attached hydrogens (primary N) is 2. The molecule has 18 heteroatoms. The van der Waals surface area contributed by atoms with Crippen LogP contribution in [0.3, 0.4) is 0 Å². The lowest BCUT2D eigenvalue weighted by atomic mass is 10.1. The van der Waals surface area contributed by atoms with E-state index in [0.29, 0.717) is 11.3 Å². The molecule has 0 unspecified atom stereocenters. The summed E-state index contributed by atoms with van der Waals surface area (Å²) in [6, 6.07) is 10.1. The number of rotatable bonds is 13. The highest BCUT2D eigenvalue weighted by Gasteiger charge is 2.23. The number of hydrogen-bond donors (Lipinski definition) is 5. The second-order valence-corrected chi connectivity index (χ2v) is 12.8. The van der Waals surface area contributed by atoms with E-state index in [9.17, 15) is 26.2 Å². The van der Waals surface area contributed by atoms with Crippen molar-refractivity contribution in [3.8, 4) is 5.75 Å². The lowest BCUT2D eigenvalue weighted by Gasteiger charge is -2.13. The fourth-order valence-electron chi connectivity index (χ4n) is 3.81. The van der Waals surface area contributed by atoms with Crippen molar-refractivity contribution in [1.29, 1.82) is 0 Å². The van der Waals surface area contributed by atoms with E-state index in [4.69, 9.17) is 26.0 Å². The highest BCUT2D eigenvalue weighted by molar-refractivity contribution is 7.91. The van der Waals surface area contributed by atoms with Crippen LogP contribution < -0.4 is 21.5 Å². The van der Waals surface area contributed by atoms with Crippen LogP contribution in [0, 0.1) is 6.92 Å². The molecule has 16 nitrogen and oxygen atoms in total. The molecule has 3 aromatic rings. The van der Waals surface area contributed by atoms with Crippen molar-refractivity contribution in [3.05, 3.63) is 53.6 Å². The van der Waals surface area contributed by atoms with Crippen LogP contribution in [-0.2, 0) is 24.7 Å². The van der Waals surface area contributed by atoms with Gasteiger partial charge < -0.3 is 31.4 Å². The van der Waals surface area contributed by atoms with Gasteiger partial charge in [-0.3, -0.25) is 4.55 Å². The Kier molecular flexibility index (Phi) is 10.9. The highest BCUT2D eigenvalue weighted by atomic mass is 32.2. The Morgan fingerprint density at radius 2 is 1.57 bits per heavy atom. The molecule has 0 aliphatic heterocycles. The number of hydrogen-bond acceptors (Lipinski definition) is 15. The minimum absolute atomic E-state index is 0.0735. The minimum atomic E-state index is -4.88. The van der Waals surface area contributed by atoms with Gasteiger partial charge in [-0.15, -0.1) is 20.5 Å². The molecule has 0 radical (unpaired) electrons. The van der Waals surface area contributed by atoms with Crippen LogP contribution in [0.15, 0.2) is 67.8 Å². The maximum Gasteiger partial charge on any atom is 0.340 e. The van der Waals surface area contributed by atoms with Crippen molar-refractivity contribution in [2.75, 3.05) is 55.7 Å². The molecule has 0 aliphatic carbocycles. The van der Waals surface area contributed by atoms with E-state index in [2.05, 4.69) is 25.8 Å². The number of carbonyl (C=O) groups excluding carboxylic acids is 1. The predicted molar refractivity (Wildman–Crippen MR) is 163 cm³/mol. The molecule has 0 saturated heterocycles. The number of ether oxygens (including phenoxy) is 2. The van der Waals surface area contributed by atoms with Gasteiger partial charge in [0.1, 0.15) is 33.4 Å². The van der Waals surface area contributed by atoms with E-state index in [0.717, 1.165) is 6.07 Å². The van der Waals surface area contributed by atoms with Crippen molar-refractivity contribution in [1.82, 2.24) is 0 Å². The molecule has 0 fully saturated rings. The Hall–Kier alpha value is -4.65. The Morgan fingerprint density at radius 1 is 0.909 bits per heavy atom. The first-order valence-corrected chi connectivity index (χ1v) is 15.9. The average Bonchev–Trinajstić information content (AvgIpc) is 2.96. The predicted octanol–water partition coefficient (Wildman–Crippen LogP) is 3.85. The van der Waals surface area contributed by atoms with Crippen LogP contribution >= 0.6 is 0 Å². The van der Waals surface area contributed by atoms with Crippen molar-refractivity contribution in [2.45, 2.75) is 11.8 Å². The van der Waals surface area contributed by atoms with E-state index in [1.54, 1.807) is 31.2 Å². The zero-order valence-electron chi connectivity index (χ0n) is 23.9. The second-order valence-electron chi connectivity index (χ2n) is 9.09. The van der Waals surface area contributed by atoms with Crippen molar-refractivity contribution < 1.29 is 40.8 Å². The Balaban J connectivity index is 2.03. The number of nitrogens with zero attached hydrogens (tertiary/aromatic N) is 4. The topological polar surface area (TPSA) is 258 Å². The summed E-state index contributed by atoms with van der Waals surface area (Å²) in [6.07, 6.45) is 0. The molecule has 0 atom stereocenters. The number of aliphatic hydroxyl groups excluding tert-OH is 1. The molecule has 0 aliphatic rings. The maximum absolute atomic E-state index is 12.1. The number of aliphatic hydroxyl groups is 1. The van der Waals surface area contributed by atoms with Crippen LogP contribution in [0.4, 0.5) is 39.8 Å². The largest absolute Gasteiger partial charge is 0.494 e. The molecular formula is C26H31N7O9S2. The lowest BCUT2D eigenvalue weighted by Crippen LogP contribution is -2.20. The summed E-state index contributed by atoms with van der Waals surface area (Å²) >= 11 is 0. The van der Waals surface area contributed by atoms with Gasteiger partial charge in [-0.1, -0.05) is 12.1 Å². The number of azo groups is 2. The number of benzene rings is 3. The number of nitrogens with one attached hydrogen (secondary N) is 1. The molecule has 0 spiro atoms. The van der Waals surface area contributed by atoms with E-state index >= 15 is 0 Å². The van der Waals surface area contributed by atoms with Gasteiger partial charge in [0.15, 0.2) is 9.84 Å². The van der Waals surface area contributed by atoms with Crippen LogP contribution in [0.1, 0.15) is 15.9 Å². The molecular weight excluding hydrogens is 618 g/mol. The SMILES string of the molecule is COC(=O)c1ccccc1/N=N/c1cc(S(=O)(=O)O)c(N)c(/N=N/c2cc(C)c(NCCS(=O)(=O)CCO)cc2OC)c1N. The van der Waals surface area contributed by atoms with Crippen molar-refractivity contribution in [2.24, 2.45) is 20.5 Å². The summed E-state index contributed by atoms with van der Waals surface area (Å²) in [5, 5.41) is 28.0. The smallest absolute Gasteiger partial charge is 0.340 e. The Bertz CT molecular complexity index is 1830. The first-order valence-electron chi connectivity index (χ1n) is 12.7. The van der Waals surface area contributed by atoms with Gasteiger partial charge in [0.25, 0.3) is 10.1 Å². The highest BCUT2D eigenvalue weighted by Crippen LogP contribution is 2.44. The van der Waals surface area contributed by atoms with Gasteiger partial charge in [-0.05, 0) is 36.8 Å². The van der Waals surface area contributed by atoms with Crippen LogP contribution in [0.25, 0.3) is 0 Å². The first kappa shape index (κ1) is 33.8. The number of anilines is 3. The van der Waals surface area contributed by atoms with E-state index in [-0.39, 0.29) is 57.8 Å². The minimum Gasteiger partial charge on any atom is -0.494 e. The number of sulfone groups is 1. The third-order valence-corrected chi connectivity index (χ3v) is 8.61. The molecule has 3 rings (SSSR count). The van der Waals surface area contributed by atoms with Gasteiger partial charge in [0.2, 0.25) is 0 Å². The number of nitrogen functional groups attached to an aromatic ring is 2. The summed E-state index contributed by atoms with van der Waals surface area (Å²) in [7, 11) is -5.75. The van der Waals surface area contributed by atoms with Gasteiger partial charge in [-0.25, -0.2) is 13.2 Å². The third kappa shape index (κ3) is 8.25. The molecule has 7 N–H and O–H groups in total. The molecule has 0 saturated carbocycles. The quantitative estimate of drug-likeness (QED) is 0.0765. The summed E-state index contributed by atoms with van der Waals surface area (Å²) in [5.41, 5.74) is 12.4. The first-order chi connectivity index (χ1) is 20.7. The molecule has 0 bridgehead atoms.